The number of hydrogen-bond donors (Lipinski definition) is 0. The van der Waals surface area contributed by atoms with Gasteiger partial charge in [0.05, 0.1) is 0 Å². The molecule has 1 saturated heterocycles. The summed E-state index contributed by atoms with van der Waals surface area (Å²) < 4.78 is 20.8. The highest BCUT2D eigenvalue weighted by Gasteiger charge is 2.70. The first-order valence-electron chi connectivity index (χ1n) is 4.56. The van der Waals surface area contributed by atoms with Crippen molar-refractivity contribution < 1.29 is 8.42 Å². The summed E-state index contributed by atoms with van der Waals surface area (Å²) in [5, 5.41) is -0.514. The van der Waals surface area contributed by atoms with Crippen molar-refractivity contribution in [2.45, 2.75) is 47.9 Å². The van der Waals surface area contributed by atoms with E-state index < -0.39 is 18.8 Å². The van der Waals surface area contributed by atoms with Crippen LogP contribution >= 0.6 is 23.2 Å². The zero-order valence-corrected chi connectivity index (χ0v) is 9.92. The van der Waals surface area contributed by atoms with E-state index in [1.807, 2.05) is 0 Å². The number of sulfone groups is 1. The molecule has 1 unspecified atom stereocenters. The molecule has 0 radical (unpaired) electrons. The van der Waals surface area contributed by atoms with E-state index in [-0.39, 0.29) is 0 Å². The largest absolute Gasteiger partial charge is 0.234 e. The minimum absolute atomic E-state index is 0.514. The van der Waals surface area contributed by atoms with Crippen LogP contribution in [-0.4, -0.2) is 17.3 Å². The summed E-state index contributed by atoms with van der Waals surface area (Å²) in [5.41, 5.74) is 0. The highest BCUT2D eigenvalue weighted by atomic mass is 35.5. The van der Waals surface area contributed by atoms with E-state index >= 15 is 0 Å². The number of halogens is 2. The van der Waals surface area contributed by atoms with Crippen LogP contribution in [0.15, 0.2) is 0 Å². The Balaban J connectivity index is 2.27. The highest BCUT2D eigenvalue weighted by molar-refractivity contribution is 8.04. The van der Waals surface area contributed by atoms with Crippen LogP contribution in [0.25, 0.3) is 0 Å². The Labute approximate surface area is 89.5 Å². The SMILES string of the molecule is CCCCCCC1C(Cl)(Cl)S1(=O)=O. The van der Waals surface area contributed by atoms with Gasteiger partial charge in [0.2, 0.25) is 3.67 Å². The summed E-state index contributed by atoms with van der Waals surface area (Å²) in [6.07, 6.45) is 4.86. The Morgan fingerprint density at radius 1 is 1.23 bits per heavy atom. The first-order chi connectivity index (χ1) is 5.94. The molecular formula is C8H14Cl2O2S. The molecule has 13 heavy (non-hydrogen) atoms. The van der Waals surface area contributed by atoms with Crippen LogP contribution in [0.1, 0.15) is 39.0 Å². The van der Waals surface area contributed by atoms with E-state index in [1.165, 1.54) is 0 Å². The van der Waals surface area contributed by atoms with Gasteiger partial charge in [0.1, 0.15) is 5.25 Å². The van der Waals surface area contributed by atoms with Crippen LogP contribution in [0, 0.1) is 0 Å². The smallest absolute Gasteiger partial charge is 0.225 e. The molecule has 2 nitrogen and oxygen atoms in total. The van der Waals surface area contributed by atoms with Gasteiger partial charge in [-0.25, -0.2) is 8.42 Å². The van der Waals surface area contributed by atoms with Crippen molar-refractivity contribution in [2.24, 2.45) is 0 Å². The van der Waals surface area contributed by atoms with Crippen LogP contribution in [0.5, 0.6) is 0 Å². The maximum atomic E-state index is 11.1. The second-order valence-electron chi connectivity index (χ2n) is 3.44. The van der Waals surface area contributed by atoms with E-state index in [4.69, 9.17) is 23.2 Å². The summed E-state index contributed by atoms with van der Waals surface area (Å²) >= 11 is 11.2. The van der Waals surface area contributed by atoms with Crippen LogP contribution in [0.3, 0.4) is 0 Å². The zero-order chi connectivity index (χ0) is 10.1. The van der Waals surface area contributed by atoms with Crippen molar-refractivity contribution in [3.05, 3.63) is 0 Å². The fourth-order valence-corrected chi connectivity index (χ4v) is 4.22. The minimum Gasteiger partial charge on any atom is -0.225 e. The number of hydrogen-bond acceptors (Lipinski definition) is 2. The lowest BCUT2D eigenvalue weighted by molar-refractivity contribution is 0.603. The molecule has 1 heterocycles. The molecule has 1 aliphatic heterocycles. The third-order valence-electron chi connectivity index (χ3n) is 2.39. The van der Waals surface area contributed by atoms with Crippen molar-refractivity contribution >= 4 is 33.0 Å². The normalized spacial score (nSPS) is 28.7. The predicted molar refractivity (Wildman–Crippen MR) is 55.9 cm³/mol. The van der Waals surface area contributed by atoms with E-state index in [1.54, 1.807) is 0 Å². The summed E-state index contributed by atoms with van der Waals surface area (Å²) in [4.78, 5) is 0. The first kappa shape index (κ1) is 11.6. The summed E-state index contributed by atoms with van der Waals surface area (Å²) in [7, 11) is -3.19. The molecular weight excluding hydrogens is 231 g/mol. The Hall–Kier alpha value is 0.530. The monoisotopic (exact) mass is 244 g/mol. The van der Waals surface area contributed by atoms with E-state index in [0.29, 0.717) is 6.42 Å². The van der Waals surface area contributed by atoms with E-state index in [2.05, 4.69) is 6.92 Å². The van der Waals surface area contributed by atoms with Crippen molar-refractivity contribution in [3.8, 4) is 0 Å². The summed E-state index contributed by atoms with van der Waals surface area (Å²) in [5.74, 6) is 0. The molecule has 0 aromatic carbocycles. The number of rotatable bonds is 5. The fraction of sp³-hybridized carbons (Fsp3) is 1.00. The van der Waals surface area contributed by atoms with Gasteiger partial charge < -0.3 is 0 Å². The molecule has 1 fully saturated rings. The lowest BCUT2D eigenvalue weighted by Gasteiger charge is -1.95. The van der Waals surface area contributed by atoms with Crippen LogP contribution in [0.4, 0.5) is 0 Å². The zero-order valence-electron chi connectivity index (χ0n) is 7.59. The Kier molecular flexibility index (Phi) is 3.53. The van der Waals surface area contributed by atoms with Gasteiger partial charge in [-0.15, -0.1) is 0 Å². The quantitative estimate of drug-likeness (QED) is 0.424. The van der Waals surface area contributed by atoms with Crippen LogP contribution in [-0.2, 0) is 9.84 Å². The first-order valence-corrected chi connectivity index (χ1v) is 6.86. The number of unbranched alkanes of at least 4 members (excludes halogenated alkanes) is 3. The van der Waals surface area contributed by atoms with Crippen LogP contribution < -0.4 is 0 Å². The fourth-order valence-electron chi connectivity index (χ4n) is 1.42. The van der Waals surface area contributed by atoms with Crippen molar-refractivity contribution in [3.63, 3.8) is 0 Å². The summed E-state index contributed by atoms with van der Waals surface area (Å²) in [6.45, 7) is 2.11. The van der Waals surface area contributed by atoms with Crippen molar-refractivity contribution in [1.29, 1.82) is 0 Å². The molecule has 1 atom stereocenters. The average molecular weight is 245 g/mol. The second-order valence-corrected chi connectivity index (χ2v) is 7.58. The molecule has 0 amide bonds. The third kappa shape index (κ3) is 2.13. The van der Waals surface area contributed by atoms with Crippen molar-refractivity contribution in [1.82, 2.24) is 0 Å². The Bertz CT molecular complexity index is 272. The lowest BCUT2D eigenvalue weighted by Crippen LogP contribution is -1.95. The minimum atomic E-state index is -3.19. The van der Waals surface area contributed by atoms with Gasteiger partial charge in [0.15, 0.2) is 9.84 Å². The van der Waals surface area contributed by atoms with Gasteiger partial charge in [-0.05, 0) is 6.42 Å². The third-order valence-corrected chi connectivity index (χ3v) is 6.60. The number of alkyl halides is 2. The standard InChI is InChI=1S/C8H14Cl2O2S/c1-2-3-4-5-6-7-8(9,10)13(7,11)12/h7H,2-6H2,1H3. The summed E-state index contributed by atoms with van der Waals surface area (Å²) in [6, 6.07) is 0. The van der Waals surface area contributed by atoms with Crippen LogP contribution in [0.2, 0.25) is 0 Å². The molecule has 0 spiro atoms. The molecule has 0 bridgehead atoms. The molecule has 0 aliphatic carbocycles. The average Bonchev–Trinajstić information content (AvgIpc) is 2.39. The van der Waals surface area contributed by atoms with Gasteiger partial charge >= 0.3 is 0 Å². The maximum Gasteiger partial charge on any atom is 0.234 e. The Morgan fingerprint density at radius 3 is 2.15 bits per heavy atom. The molecule has 0 saturated carbocycles. The lowest BCUT2D eigenvalue weighted by atomic mass is 10.1. The van der Waals surface area contributed by atoms with Gasteiger partial charge in [-0.1, -0.05) is 55.8 Å². The van der Waals surface area contributed by atoms with Gasteiger partial charge in [-0.2, -0.15) is 0 Å². The molecule has 0 aromatic rings. The highest BCUT2D eigenvalue weighted by Crippen LogP contribution is 2.54. The molecule has 0 aromatic heterocycles. The molecule has 1 rings (SSSR count). The molecule has 1 aliphatic rings. The van der Waals surface area contributed by atoms with E-state index in [9.17, 15) is 8.42 Å². The topological polar surface area (TPSA) is 34.1 Å². The van der Waals surface area contributed by atoms with Gasteiger partial charge in [-0.3, -0.25) is 0 Å². The van der Waals surface area contributed by atoms with Gasteiger partial charge in [0, 0.05) is 0 Å². The Morgan fingerprint density at radius 2 is 1.77 bits per heavy atom. The van der Waals surface area contributed by atoms with E-state index in [0.717, 1.165) is 25.7 Å². The van der Waals surface area contributed by atoms with Crippen molar-refractivity contribution in [2.75, 3.05) is 0 Å². The predicted octanol–water partition coefficient (Wildman–Crippen LogP) is 2.89. The molecule has 78 valence electrons. The second kappa shape index (κ2) is 3.95. The molecule has 0 N–H and O–H groups in total. The molecule has 5 heteroatoms. The van der Waals surface area contributed by atoms with Gasteiger partial charge in [0.25, 0.3) is 0 Å². The maximum absolute atomic E-state index is 11.1.